The van der Waals surface area contributed by atoms with Gasteiger partial charge in [-0.25, -0.2) is 0 Å². The quantitative estimate of drug-likeness (QED) is 0.300. The van der Waals surface area contributed by atoms with Crippen LogP contribution in [0.5, 0.6) is 0 Å². The molecule has 3 amide bonds. The van der Waals surface area contributed by atoms with E-state index in [2.05, 4.69) is 20.9 Å². The Morgan fingerprint density at radius 2 is 1.81 bits per heavy atom. The summed E-state index contributed by atoms with van der Waals surface area (Å²) in [7, 11) is 0. The third kappa shape index (κ3) is 8.58. The van der Waals surface area contributed by atoms with Crippen molar-refractivity contribution in [1.82, 2.24) is 20.9 Å². The Bertz CT molecular complexity index is 1140. The van der Waals surface area contributed by atoms with Crippen molar-refractivity contribution in [3.8, 4) is 11.3 Å². The number of aromatic nitrogens is 1. The molecule has 2 atom stereocenters. The molecule has 0 saturated carbocycles. The average molecular weight is 509 g/mol. The normalized spacial score (nSPS) is 12.6. The number of benzene rings is 1. The van der Waals surface area contributed by atoms with E-state index in [1.165, 1.54) is 11.3 Å². The van der Waals surface area contributed by atoms with Crippen molar-refractivity contribution >= 4 is 29.1 Å². The fourth-order valence-corrected chi connectivity index (χ4v) is 4.23. The molecule has 2 heterocycles. The lowest BCUT2D eigenvalue weighted by Gasteiger charge is -2.21. The molecule has 2 aromatic heterocycles. The van der Waals surface area contributed by atoms with Crippen LogP contribution in [0.25, 0.3) is 11.3 Å². The van der Waals surface area contributed by atoms with Gasteiger partial charge in [0.1, 0.15) is 6.04 Å². The van der Waals surface area contributed by atoms with Crippen molar-refractivity contribution in [2.75, 3.05) is 13.1 Å². The summed E-state index contributed by atoms with van der Waals surface area (Å²) in [5.74, 6) is -0.722. The van der Waals surface area contributed by atoms with Gasteiger partial charge in [-0.15, -0.1) is 11.3 Å². The first-order valence-electron chi connectivity index (χ1n) is 11.9. The van der Waals surface area contributed by atoms with E-state index in [4.69, 9.17) is 0 Å². The van der Waals surface area contributed by atoms with E-state index in [0.717, 1.165) is 16.8 Å². The smallest absolute Gasteiger partial charge is 0.261 e. The van der Waals surface area contributed by atoms with Crippen molar-refractivity contribution in [2.24, 2.45) is 5.92 Å². The first kappa shape index (κ1) is 27.0. The Labute approximate surface area is 215 Å². The van der Waals surface area contributed by atoms with Gasteiger partial charge in [0.15, 0.2) is 0 Å². The zero-order valence-electron chi connectivity index (χ0n) is 20.4. The maximum Gasteiger partial charge on any atom is 0.261 e. The largest absolute Gasteiger partial charge is 0.389 e. The van der Waals surface area contributed by atoms with Crippen LogP contribution in [0, 0.1) is 5.92 Å². The lowest BCUT2D eigenvalue weighted by atomic mass is 10.0. The third-order valence-electron chi connectivity index (χ3n) is 5.37. The SMILES string of the molecule is CC(C)C[C@H](NC(=O)c1cccs1)C(=O)NCC(O)CNC(=O)Cc1cccc(-c2ccccn2)c1. The highest BCUT2D eigenvalue weighted by molar-refractivity contribution is 7.12. The lowest BCUT2D eigenvalue weighted by Crippen LogP contribution is -2.49. The van der Waals surface area contributed by atoms with E-state index in [1.807, 2.05) is 56.3 Å². The molecule has 1 aromatic carbocycles. The van der Waals surface area contributed by atoms with Gasteiger partial charge in [0, 0.05) is 24.8 Å². The van der Waals surface area contributed by atoms with Gasteiger partial charge in [0.2, 0.25) is 11.8 Å². The zero-order valence-corrected chi connectivity index (χ0v) is 21.3. The molecule has 3 rings (SSSR count). The highest BCUT2D eigenvalue weighted by Gasteiger charge is 2.23. The summed E-state index contributed by atoms with van der Waals surface area (Å²) in [5.41, 5.74) is 2.58. The number of hydrogen-bond donors (Lipinski definition) is 4. The molecule has 0 fully saturated rings. The number of hydrogen-bond acceptors (Lipinski definition) is 6. The van der Waals surface area contributed by atoms with E-state index in [1.54, 1.807) is 23.7 Å². The molecule has 0 aliphatic rings. The standard InChI is InChI=1S/C27H32N4O4S/c1-18(2)13-23(31-27(35)24-10-6-12-36-24)26(34)30-17-21(32)16-29-25(33)15-19-7-5-8-20(14-19)22-9-3-4-11-28-22/h3-12,14,18,21,23,32H,13,15-17H2,1-2H3,(H,29,33)(H,30,34)(H,31,35)/t21?,23-/m0/s1. The van der Waals surface area contributed by atoms with Gasteiger partial charge in [-0.05, 0) is 47.5 Å². The number of amides is 3. The van der Waals surface area contributed by atoms with Gasteiger partial charge >= 0.3 is 0 Å². The van der Waals surface area contributed by atoms with Gasteiger partial charge in [-0.3, -0.25) is 19.4 Å². The molecule has 0 radical (unpaired) electrons. The zero-order chi connectivity index (χ0) is 25.9. The molecule has 0 aliphatic heterocycles. The summed E-state index contributed by atoms with van der Waals surface area (Å²) in [4.78, 5) is 42.3. The summed E-state index contributed by atoms with van der Waals surface area (Å²) in [6, 6.07) is 16.0. The number of rotatable bonds is 12. The minimum atomic E-state index is -0.967. The van der Waals surface area contributed by atoms with E-state index in [9.17, 15) is 19.5 Å². The number of aliphatic hydroxyl groups excluding tert-OH is 1. The maximum atomic E-state index is 12.7. The van der Waals surface area contributed by atoms with Crippen LogP contribution < -0.4 is 16.0 Å². The van der Waals surface area contributed by atoms with Crippen LogP contribution in [0.2, 0.25) is 0 Å². The maximum absolute atomic E-state index is 12.7. The van der Waals surface area contributed by atoms with E-state index in [-0.39, 0.29) is 43.1 Å². The summed E-state index contributed by atoms with van der Waals surface area (Å²) < 4.78 is 0. The molecule has 9 heteroatoms. The molecule has 0 saturated heterocycles. The van der Waals surface area contributed by atoms with E-state index >= 15 is 0 Å². The van der Waals surface area contributed by atoms with E-state index < -0.39 is 12.1 Å². The van der Waals surface area contributed by atoms with E-state index in [0.29, 0.717) is 11.3 Å². The topological polar surface area (TPSA) is 120 Å². The number of thiophene rings is 1. The molecule has 0 aliphatic carbocycles. The fourth-order valence-electron chi connectivity index (χ4n) is 3.61. The van der Waals surface area contributed by atoms with Crippen molar-refractivity contribution in [3.05, 3.63) is 76.6 Å². The van der Waals surface area contributed by atoms with Gasteiger partial charge in [-0.1, -0.05) is 44.2 Å². The Kier molecular flexibility index (Phi) is 10.1. The molecule has 190 valence electrons. The summed E-state index contributed by atoms with van der Waals surface area (Å²) in [6.07, 6.45) is 1.38. The van der Waals surface area contributed by atoms with Crippen LogP contribution in [-0.2, 0) is 16.0 Å². The summed E-state index contributed by atoms with van der Waals surface area (Å²) in [6.45, 7) is 3.88. The molecule has 0 spiro atoms. The second kappa shape index (κ2) is 13.5. The van der Waals surface area contributed by atoms with Crippen molar-refractivity contribution in [2.45, 2.75) is 38.8 Å². The highest BCUT2D eigenvalue weighted by Crippen LogP contribution is 2.18. The predicted molar refractivity (Wildman–Crippen MR) is 140 cm³/mol. The Morgan fingerprint density at radius 1 is 1.00 bits per heavy atom. The first-order valence-corrected chi connectivity index (χ1v) is 12.8. The van der Waals surface area contributed by atoms with Crippen molar-refractivity contribution in [3.63, 3.8) is 0 Å². The summed E-state index contributed by atoms with van der Waals surface area (Å²) in [5, 5.41) is 20.2. The molecule has 1 unspecified atom stereocenters. The Hall–Kier alpha value is -3.56. The summed E-state index contributed by atoms with van der Waals surface area (Å²) >= 11 is 1.30. The molecule has 3 aromatic rings. The van der Waals surface area contributed by atoms with Crippen LogP contribution in [0.3, 0.4) is 0 Å². The third-order valence-corrected chi connectivity index (χ3v) is 6.24. The predicted octanol–water partition coefficient (Wildman–Crippen LogP) is 2.79. The number of aliphatic hydroxyl groups is 1. The molecule has 36 heavy (non-hydrogen) atoms. The minimum Gasteiger partial charge on any atom is -0.389 e. The van der Waals surface area contributed by atoms with Crippen LogP contribution in [0.4, 0.5) is 0 Å². The highest BCUT2D eigenvalue weighted by atomic mass is 32.1. The Morgan fingerprint density at radius 3 is 2.50 bits per heavy atom. The lowest BCUT2D eigenvalue weighted by molar-refractivity contribution is -0.123. The van der Waals surface area contributed by atoms with Gasteiger partial charge in [0.25, 0.3) is 5.91 Å². The van der Waals surface area contributed by atoms with Crippen molar-refractivity contribution < 1.29 is 19.5 Å². The van der Waals surface area contributed by atoms with Crippen LogP contribution in [0.1, 0.15) is 35.5 Å². The average Bonchev–Trinajstić information content (AvgIpc) is 3.41. The Balaban J connectivity index is 1.45. The number of nitrogens with zero attached hydrogens (tertiary/aromatic N) is 1. The molecule has 4 N–H and O–H groups in total. The van der Waals surface area contributed by atoms with Crippen molar-refractivity contribution in [1.29, 1.82) is 0 Å². The monoisotopic (exact) mass is 508 g/mol. The van der Waals surface area contributed by atoms with Crippen LogP contribution in [0.15, 0.2) is 66.2 Å². The number of pyridine rings is 1. The molecule has 0 bridgehead atoms. The molecule has 8 nitrogen and oxygen atoms in total. The second-order valence-corrected chi connectivity index (χ2v) is 9.88. The van der Waals surface area contributed by atoms with Gasteiger partial charge in [0.05, 0.1) is 23.1 Å². The second-order valence-electron chi connectivity index (χ2n) is 8.93. The number of carbonyl (C=O) groups is 3. The number of nitrogens with one attached hydrogen (secondary N) is 3. The van der Waals surface area contributed by atoms with Crippen LogP contribution in [-0.4, -0.2) is 53.0 Å². The van der Waals surface area contributed by atoms with Gasteiger partial charge < -0.3 is 21.1 Å². The molecular formula is C27H32N4O4S. The first-order chi connectivity index (χ1) is 17.3. The molecular weight excluding hydrogens is 476 g/mol. The minimum absolute atomic E-state index is 0.00452. The van der Waals surface area contributed by atoms with Gasteiger partial charge in [-0.2, -0.15) is 0 Å². The fraction of sp³-hybridized carbons (Fsp3) is 0.333. The number of carbonyl (C=O) groups excluding carboxylic acids is 3. The van der Waals surface area contributed by atoms with Crippen LogP contribution >= 0.6 is 11.3 Å².